The number of rotatable bonds is 3. The molecule has 4 heteroatoms. The van der Waals surface area contributed by atoms with Crippen LogP contribution in [0.15, 0.2) is 0 Å². The monoisotopic (exact) mass is 189 g/mol. The maximum absolute atomic E-state index is 10.8. The molecule has 12 heavy (non-hydrogen) atoms. The Bertz CT molecular complexity index is 161. The SMILES string of the molecule is CCNC1CCSCC1C(=O)O. The molecule has 1 fully saturated rings. The van der Waals surface area contributed by atoms with E-state index in [1.165, 1.54) is 0 Å². The largest absolute Gasteiger partial charge is 0.481 e. The van der Waals surface area contributed by atoms with Gasteiger partial charge in [0.15, 0.2) is 0 Å². The van der Waals surface area contributed by atoms with Crippen molar-refractivity contribution in [2.24, 2.45) is 5.92 Å². The number of carboxylic acid groups (broad SMARTS) is 1. The van der Waals surface area contributed by atoms with Gasteiger partial charge in [-0.3, -0.25) is 4.79 Å². The Kier molecular flexibility index (Phi) is 3.88. The molecule has 2 N–H and O–H groups in total. The van der Waals surface area contributed by atoms with E-state index in [4.69, 9.17) is 5.11 Å². The molecule has 2 atom stereocenters. The van der Waals surface area contributed by atoms with E-state index < -0.39 is 5.97 Å². The second kappa shape index (κ2) is 4.72. The zero-order chi connectivity index (χ0) is 8.97. The van der Waals surface area contributed by atoms with Gasteiger partial charge >= 0.3 is 5.97 Å². The van der Waals surface area contributed by atoms with Crippen molar-refractivity contribution >= 4 is 17.7 Å². The summed E-state index contributed by atoms with van der Waals surface area (Å²) in [5.41, 5.74) is 0. The van der Waals surface area contributed by atoms with Crippen LogP contribution in [0, 0.1) is 5.92 Å². The molecular formula is C8H15NO2S. The minimum Gasteiger partial charge on any atom is -0.481 e. The lowest BCUT2D eigenvalue weighted by Crippen LogP contribution is -2.44. The van der Waals surface area contributed by atoms with E-state index in [0.717, 1.165) is 24.5 Å². The normalized spacial score (nSPS) is 30.1. The van der Waals surface area contributed by atoms with Crippen LogP contribution in [0.25, 0.3) is 0 Å². The number of hydrogen-bond donors (Lipinski definition) is 2. The fourth-order valence-corrected chi connectivity index (χ4v) is 2.70. The van der Waals surface area contributed by atoms with E-state index in [0.29, 0.717) is 0 Å². The van der Waals surface area contributed by atoms with Gasteiger partial charge in [0.25, 0.3) is 0 Å². The minimum atomic E-state index is -0.659. The zero-order valence-electron chi connectivity index (χ0n) is 7.25. The summed E-state index contributed by atoms with van der Waals surface area (Å²) in [6, 6.07) is 0.189. The Labute approximate surface area is 76.9 Å². The van der Waals surface area contributed by atoms with E-state index in [1.54, 1.807) is 11.8 Å². The van der Waals surface area contributed by atoms with Gasteiger partial charge in [-0.1, -0.05) is 6.92 Å². The van der Waals surface area contributed by atoms with Crippen LogP contribution < -0.4 is 5.32 Å². The molecule has 1 heterocycles. The first kappa shape index (κ1) is 9.86. The third kappa shape index (κ3) is 2.38. The average molecular weight is 189 g/mol. The highest BCUT2D eigenvalue weighted by molar-refractivity contribution is 7.99. The van der Waals surface area contributed by atoms with E-state index in [1.807, 2.05) is 6.92 Å². The molecule has 1 aliphatic rings. The molecule has 0 spiro atoms. The number of carbonyl (C=O) groups is 1. The number of hydrogen-bond acceptors (Lipinski definition) is 3. The molecule has 0 aliphatic carbocycles. The Morgan fingerprint density at radius 2 is 2.50 bits per heavy atom. The van der Waals surface area contributed by atoms with Crippen LogP contribution >= 0.6 is 11.8 Å². The molecule has 70 valence electrons. The van der Waals surface area contributed by atoms with Crippen LogP contribution in [-0.2, 0) is 4.79 Å². The maximum Gasteiger partial charge on any atom is 0.308 e. The van der Waals surface area contributed by atoms with Crippen molar-refractivity contribution in [2.75, 3.05) is 18.1 Å². The van der Waals surface area contributed by atoms with Crippen LogP contribution in [0.3, 0.4) is 0 Å². The van der Waals surface area contributed by atoms with Crippen molar-refractivity contribution in [3.8, 4) is 0 Å². The van der Waals surface area contributed by atoms with Crippen molar-refractivity contribution in [2.45, 2.75) is 19.4 Å². The molecule has 0 saturated carbocycles. The molecule has 1 saturated heterocycles. The summed E-state index contributed by atoms with van der Waals surface area (Å²) < 4.78 is 0. The molecule has 0 aromatic heterocycles. The quantitative estimate of drug-likeness (QED) is 0.689. The van der Waals surface area contributed by atoms with Crippen molar-refractivity contribution in [1.29, 1.82) is 0 Å². The summed E-state index contributed by atoms with van der Waals surface area (Å²) in [6.45, 7) is 2.87. The molecule has 0 aromatic rings. The second-order valence-corrected chi connectivity index (χ2v) is 4.12. The van der Waals surface area contributed by atoms with Gasteiger partial charge in [0.1, 0.15) is 0 Å². The summed E-state index contributed by atoms with van der Waals surface area (Å²) >= 11 is 1.74. The van der Waals surface area contributed by atoms with Gasteiger partial charge in [-0.15, -0.1) is 0 Å². The van der Waals surface area contributed by atoms with Gasteiger partial charge in [-0.25, -0.2) is 0 Å². The van der Waals surface area contributed by atoms with Crippen LogP contribution in [0.2, 0.25) is 0 Å². The second-order valence-electron chi connectivity index (χ2n) is 2.97. The molecule has 1 rings (SSSR count). The lowest BCUT2D eigenvalue weighted by molar-refractivity contribution is -0.142. The average Bonchev–Trinajstić information content (AvgIpc) is 2.05. The molecule has 1 aliphatic heterocycles. The highest BCUT2D eigenvalue weighted by Gasteiger charge is 2.30. The van der Waals surface area contributed by atoms with E-state index in [2.05, 4.69) is 5.32 Å². The van der Waals surface area contributed by atoms with Crippen molar-refractivity contribution < 1.29 is 9.90 Å². The fraction of sp³-hybridized carbons (Fsp3) is 0.875. The maximum atomic E-state index is 10.8. The molecule has 0 radical (unpaired) electrons. The third-order valence-electron chi connectivity index (χ3n) is 2.14. The Morgan fingerprint density at radius 1 is 1.75 bits per heavy atom. The molecule has 2 unspecified atom stereocenters. The molecule has 0 amide bonds. The van der Waals surface area contributed by atoms with Crippen molar-refractivity contribution in [3.63, 3.8) is 0 Å². The lowest BCUT2D eigenvalue weighted by atomic mass is 9.99. The minimum absolute atomic E-state index is 0.189. The molecule has 0 bridgehead atoms. The zero-order valence-corrected chi connectivity index (χ0v) is 8.06. The predicted molar refractivity (Wildman–Crippen MR) is 50.5 cm³/mol. The van der Waals surface area contributed by atoms with Gasteiger partial charge in [-0.2, -0.15) is 11.8 Å². The topological polar surface area (TPSA) is 49.3 Å². The van der Waals surface area contributed by atoms with Crippen LogP contribution in [0.5, 0.6) is 0 Å². The molecule has 3 nitrogen and oxygen atoms in total. The highest BCUT2D eigenvalue weighted by Crippen LogP contribution is 2.23. The Hall–Kier alpha value is -0.220. The first-order chi connectivity index (χ1) is 5.75. The summed E-state index contributed by atoms with van der Waals surface area (Å²) in [7, 11) is 0. The third-order valence-corrected chi connectivity index (χ3v) is 3.26. The first-order valence-electron chi connectivity index (χ1n) is 4.29. The van der Waals surface area contributed by atoms with Gasteiger partial charge in [-0.05, 0) is 18.7 Å². The number of thioether (sulfide) groups is 1. The van der Waals surface area contributed by atoms with Gasteiger partial charge in [0.05, 0.1) is 5.92 Å². The number of carboxylic acids is 1. The smallest absolute Gasteiger partial charge is 0.308 e. The highest BCUT2D eigenvalue weighted by atomic mass is 32.2. The number of aliphatic carboxylic acids is 1. The van der Waals surface area contributed by atoms with Crippen LogP contribution in [0.1, 0.15) is 13.3 Å². The number of nitrogens with one attached hydrogen (secondary N) is 1. The fourth-order valence-electron chi connectivity index (χ4n) is 1.49. The van der Waals surface area contributed by atoms with E-state index in [9.17, 15) is 4.79 Å². The summed E-state index contributed by atoms with van der Waals surface area (Å²) in [4.78, 5) is 10.8. The van der Waals surface area contributed by atoms with Crippen LogP contribution in [0.4, 0.5) is 0 Å². The Balaban J connectivity index is 2.48. The van der Waals surface area contributed by atoms with Crippen LogP contribution in [-0.4, -0.2) is 35.2 Å². The van der Waals surface area contributed by atoms with Gasteiger partial charge < -0.3 is 10.4 Å². The molecule has 0 aromatic carbocycles. The van der Waals surface area contributed by atoms with Gasteiger partial charge in [0.2, 0.25) is 0 Å². The summed E-state index contributed by atoms with van der Waals surface area (Å²) in [6.07, 6.45) is 0.982. The van der Waals surface area contributed by atoms with Crippen molar-refractivity contribution in [1.82, 2.24) is 5.32 Å². The summed E-state index contributed by atoms with van der Waals surface area (Å²) in [5.74, 6) is 0.992. The Morgan fingerprint density at radius 3 is 3.08 bits per heavy atom. The van der Waals surface area contributed by atoms with E-state index >= 15 is 0 Å². The van der Waals surface area contributed by atoms with Gasteiger partial charge in [0, 0.05) is 11.8 Å². The standard InChI is InChI=1S/C8H15NO2S/c1-2-9-7-3-4-12-5-6(7)8(10)11/h6-7,9H,2-5H2,1H3,(H,10,11). The van der Waals surface area contributed by atoms with E-state index in [-0.39, 0.29) is 12.0 Å². The predicted octanol–water partition coefficient (Wildman–Crippen LogP) is 0.802. The lowest BCUT2D eigenvalue weighted by Gasteiger charge is -2.28. The summed E-state index contributed by atoms with van der Waals surface area (Å²) in [5, 5.41) is 12.1. The first-order valence-corrected chi connectivity index (χ1v) is 5.45. The van der Waals surface area contributed by atoms with Crippen molar-refractivity contribution in [3.05, 3.63) is 0 Å². The molecular weight excluding hydrogens is 174 g/mol.